The number of carbonyl (C=O) groups excluding carboxylic acids is 1. The van der Waals surface area contributed by atoms with Gasteiger partial charge >= 0.3 is 6.36 Å². The summed E-state index contributed by atoms with van der Waals surface area (Å²) < 4.78 is 65.7. The zero-order valence-corrected chi connectivity index (χ0v) is 15.9. The van der Waals surface area contributed by atoms with Crippen molar-refractivity contribution < 1.29 is 31.1 Å². The van der Waals surface area contributed by atoms with Crippen molar-refractivity contribution in [1.29, 1.82) is 0 Å². The monoisotopic (exact) mass is 430 g/mol. The summed E-state index contributed by atoms with van der Waals surface area (Å²) in [7, 11) is -2.21. The average molecular weight is 430 g/mol. The van der Waals surface area contributed by atoms with Gasteiger partial charge in [-0.05, 0) is 37.4 Å². The maximum atomic E-state index is 12.7. The minimum absolute atomic E-state index is 0.0328. The molecule has 0 aliphatic carbocycles. The van der Waals surface area contributed by atoms with Crippen LogP contribution in [-0.4, -0.2) is 56.8 Å². The van der Waals surface area contributed by atoms with E-state index in [1.807, 2.05) is 11.9 Å². The van der Waals surface area contributed by atoms with E-state index in [0.717, 1.165) is 36.5 Å². The number of pyridine rings is 1. The van der Waals surface area contributed by atoms with Crippen LogP contribution in [0, 0.1) is 0 Å². The molecule has 2 heterocycles. The molecular formula is C17H17F3N4O4S. The number of rotatable bonds is 5. The molecule has 0 radical (unpaired) electrons. The van der Waals surface area contributed by atoms with Gasteiger partial charge in [0.25, 0.3) is 5.91 Å². The summed E-state index contributed by atoms with van der Waals surface area (Å²) in [5, 5.41) is 2.74. The molecule has 1 aromatic carbocycles. The van der Waals surface area contributed by atoms with Crippen LogP contribution >= 0.6 is 0 Å². The van der Waals surface area contributed by atoms with Crippen molar-refractivity contribution >= 4 is 21.4 Å². The molecule has 1 aromatic heterocycles. The Kier molecular flexibility index (Phi) is 5.41. The van der Waals surface area contributed by atoms with Crippen molar-refractivity contribution in [1.82, 2.24) is 15.2 Å². The lowest BCUT2D eigenvalue weighted by atomic mass is 10.1. The molecule has 1 amide bonds. The largest absolute Gasteiger partial charge is 0.573 e. The van der Waals surface area contributed by atoms with Crippen LogP contribution in [0.2, 0.25) is 0 Å². The van der Waals surface area contributed by atoms with E-state index in [0.29, 0.717) is 13.1 Å². The standard InChI is InChI=1S/C17H17F3N4O4S/c1-24-8-10(9-24)23-16(25)15-14(21)6-13(7-22-15)29(26,27)12-4-2-11(3-5-12)28-17(18,19)20/h2-7,10H,8-9,21H2,1H3,(H,23,25). The molecule has 156 valence electrons. The molecule has 1 saturated heterocycles. The highest BCUT2D eigenvalue weighted by Gasteiger charge is 2.31. The first kappa shape index (κ1) is 20.9. The topological polar surface area (TPSA) is 115 Å². The van der Waals surface area contributed by atoms with Crippen molar-refractivity contribution in [3.05, 3.63) is 42.2 Å². The van der Waals surface area contributed by atoms with E-state index in [1.54, 1.807) is 0 Å². The van der Waals surface area contributed by atoms with Gasteiger partial charge in [0.1, 0.15) is 5.75 Å². The van der Waals surface area contributed by atoms with Gasteiger partial charge in [0.05, 0.1) is 21.5 Å². The van der Waals surface area contributed by atoms with Gasteiger partial charge in [-0.3, -0.25) is 4.79 Å². The number of hydrogen-bond donors (Lipinski definition) is 2. The highest BCUT2D eigenvalue weighted by Crippen LogP contribution is 2.27. The molecule has 8 nitrogen and oxygen atoms in total. The van der Waals surface area contributed by atoms with Crippen LogP contribution in [0.15, 0.2) is 46.3 Å². The second-order valence-corrected chi connectivity index (χ2v) is 8.47. The molecule has 3 rings (SSSR count). The molecule has 0 saturated carbocycles. The molecular weight excluding hydrogens is 413 g/mol. The molecule has 0 bridgehead atoms. The fraction of sp³-hybridized carbons (Fsp3) is 0.294. The van der Waals surface area contributed by atoms with Gasteiger partial charge in [0, 0.05) is 19.3 Å². The predicted molar refractivity (Wildman–Crippen MR) is 96.0 cm³/mol. The summed E-state index contributed by atoms with van der Waals surface area (Å²) >= 11 is 0. The zero-order valence-electron chi connectivity index (χ0n) is 15.1. The molecule has 0 unspecified atom stereocenters. The first-order valence-electron chi connectivity index (χ1n) is 8.31. The lowest BCUT2D eigenvalue weighted by molar-refractivity contribution is -0.274. The predicted octanol–water partition coefficient (Wildman–Crippen LogP) is 1.44. The maximum Gasteiger partial charge on any atom is 0.573 e. The molecule has 1 aliphatic heterocycles. The van der Waals surface area contributed by atoms with Gasteiger partial charge in [-0.1, -0.05) is 0 Å². The Balaban J connectivity index is 1.78. The van der Waals surface area contributed by atoms with E-state index < -0.39 is 27.9 Å². The van der Waals surface area contributed by atoms with E-state index in [4.69, 9.17) is 5.73 Å². The lowest BCUT2D eigenvalue weighted by Gasteiger charge is -2.36. The average Bonchev–Trinajstić information content (AvgIpc) is 2.59. The first-order valence-corrected chi connectivity index (χ1v) is 9.80. The smallest absolute Gasteiger partial charge is 0.406 e. The number of sulfone groups is 1. The minimum Gasteiger partial charge on any atom is -0.406 e. The van der Waals surface area contributed by atoms with Crippen LogP contribution in [0.4, 0.5) is 18.9 Å². The van der Waals surface area contributed by atoms with Crippen LogP contribution in [0.1, 0.15) is 10.5 Å². The van der Waals surface area contributed by atoms with Crippen LogP contribution in [0.25, 0.3) is 0 Å². The van der Waals surface area contributed by atoms with Gasteiger partial charge < -0.3 is 20.7 Å². The number of ether oxygens (including phenoxy) is 1. The lowest BCUT2D eigenvalue weighted by Crippen LogP contribution is -2.57. The Morgan fingerprint density at radius 1 is 1.24 bits per heavy atom. The molecule has 1 fully saturated rings. The number of likely N-dealkylation sites (N-methyl/N-ethyl adjacent to an activating group) is 1. The fourth-order valence-corrected chi connectivity index (χ4v) is 4.04. The number of nitrogens with zero attached hydrogens (tertiary/aromatic N) is 2. The third kappa shape index (κ3) is 4.77. The summed E-state index contributed by atoms with van der Waals surface area (Å²) in [5.74, 6) is -1.07. The Labute approximate surface area is 164 Å². The summed E-state index contributed by atoms with van der Waals surface area (Å²) in [4.78, 5) is 17.5. The molecule has 3 N–H and O–H groups in total. The quantitative estimate of drug-likeness (QED) is 0.738. The van der Waals surface area contributed by atoms with E-state index in [2.05, 4.69) is 15.0 Å². The highest BCUT2D eigenvalue weighted by molar-refractivity contribution is 7.91. The third-order valence-electron chi connectivity index (χ3n) is 4.18. The number of nitrogen functional groups attached to an aromatic ring is 1. The maximum absolute atomic E-state index is 12.7. The molecule has 2 aromatic rings. The van der Waals surface area contributed by atoms with Crippen LogP contribution in [-0.2, 0) is 9.84 Å². The number of halogens is 3. The van der Waals surface area contributed by atoms with Crippen LogP contribution in [0.5, 0.6) is 5.75 Å². The minimum atomic E-state index is -4.88. The van der Waals surface area contributed by atoms with Crippen molar-refractivity contribution in [3.8, 4) is 5.75 Å². The summed E-state index contributed by atoms with van der Waals surface area (Å²) in [6, 6.07) is 4.77. The Morgan fingerprint density at radius 3 is 2.38 bits per heavy atom. The van der Waals surface area contributed by atoms with Gasteiger partial charge in [-0.15, -0.1) is 13.2 Å². The molecule has 1 aliphatic rings. The number of nitrogens with one attached hydrogen (secondary N) is 1. The number of hydrogen-bond acceptors (Lipinski definition) is 7. The van der Waals surface area contributed by atoms with E-state index in [1.165, 1.54) is 0 Å². The Hall–Kier alpha value is -2.86. The number of alkyl halides is 3. The highest BCUT2D eigenvalue weighted by atomic mass is 32.2. The fourth-order valence-electron chi connectivity index (χ4n) is 2.80. The van der Waals surface area contributed by atoms with Crippen molar-refractivity contribution in [3.63, 3.8) is 0 Å². The number of carbonyl (C=O) groups is 1. The third-order valence-corrected chi connectivity index (χ3v) is 5.92. The number of anilines is 1. The summed E-state index contributed by atoms with van der Waals surface area (Å²) in [5.41, 5.74) is 5.57. The molecule has 29 heavy (non-hydrogen) atoms. The first-order chi connectivity index (χ1) is 13.5. The van der Waals surface area contributed by atoms with Crippen molar-refractivity contribution in [2.45, 2.75) is 22.2 Å². The number of benzene rings is 1. The Bertz CT molecular complexity index is 1020. The number of aromatic nitrogens is 1. The number of likely N-dealkylation sites (tertiary alicyclic amines) is 1. The van der Waals surface area contributed by atoms with Gasteiger partial charge in [-0.2, -0.15) is 0 Å². The summed E-state index contributed by atoms with van der Waals surface area (Å²) in [6.45, 7) is 1.37. The molecule has 0 spiro atoms. The number of nitrogens with two attached hydrogens (primary N) is 1. The van der Waals surface area contributed by atoms with Crippen LogP contribution < -0.4 is 15.8 Å². The van der Waals surface area contributed by atoms with Gasteiger partial charge in [0.2, 0.25) is 9.84 Å². The molecule has 12 heteroatoms. The SMILES string of the molecule is CN1CC(NC(=O)c2ncc(S(=O)(=O)c3ccc(OC(F)(F)F)cc3)cc2N)C1. The second kappa shape index (κ2) is 7.52. The van der Waals surface area contributed by atoms with E-state index >= 15 is 0 Å². The zero-order chi connectivity index (χ0) is 21.4. The summed E-state index contributed by atoms with van der Waals surface area (Å²) in [6.07, 6.45) is -3.91. The van der Waals surface area contributed by atoms with Crippen molar-refractivity contribution in [2.24, 2.45) is 0 Å². The second-order valence-electron chi connectivity index (χ2n) is 6.52. The van der Waals surface area contributed by atoms with Crippen molar-refractivity contribution in [2.75, 3.05) is 25.9 Å². The van der Waals surface area contributed by atoms with E-state index in [-0.39, 0.29) is 27.2 Å². The van der Waals surface area contributed by atoms with Gasteiger partial charge in [-0.25, -0.2) is 13.4 Å². The normalized spacial score (nSPS) is 15.6. The molecule has 0 atom stereocenters. The van der Waals surface area contributed by atoms with Crippen LogP contribution in [0.3, 0.4) is 0 Å². The van der Waals surface area contributed by atoms with E-state index in [9.17, 15) is 26.4 Å². The number of amides is 1. The Morgan fingerprint density at radius 2 is 1.86 bits per heavy atom. The van der Waals surface area contributed by atoms with Gasteiger partial charge in [0.15, 0.2) is 5.69 Å².